The Balaban J connectivity index is 1.34. The Morgan fingerprint density at radius 3 is 2.41 bits per heavy atom. The van der Waals surface area contributed by atoms with E-state index >= 15 is 0 Å². The van der Waals surface area contributed by atoms with Gasteiger partial charge in [0.2, 0.25) is 0 Å². The second-order valence-electron chi connectivity index (χ2n) is 12.0. The molecule has 0 spiro atoms. The third kappa shape index (κ3) is 5.05. The number of fused-ring (bicyclic) bond motifs is 3. The van der Waals surface area contributed by atoms with Gasteiger partial charge in [-0.05, 0) is 92.3 Å². The second kappa shape index (κ2) is 11.2. The number of para-hydroxylation sites is 1. The van der Waals surface area contributed by atoms with Gasteiger partial charge in [0.15, 0.2) is 0 Å². The monoisotopic (exact) mass is 577 g/mol. The Bertz CT molecular complexity index is 2190. The van der Waals surface area contributed by atoms with Crippen molar-refractivity contribution in [2.24, 2.45) is 5.92 Å². The number of aryl methyl sites for hydroxylation is 2. The fourth-order valence-corrected chi connectivity index (χ4v) is 6.31. The highest BCUT2D eigenvalue weighted by Gasteiger charge is 2.18. The Morgan fingerprint density at radius 2 is 1.61 bits per heavy atom. The lowest BCUT2D eigenvalue weighted by atomic mass is 10.0. The highest BCUT2D eigenvalue weighted by Crippen LogP contribution is 2.36. The fourth-order valence-electron chi connectivity index (χ4n) is 6.31. The molecule has 0 amide bonds. The van der Waals surface area contributed by atoms with Crippen molar-refractivity contribution >= 4 is 21.8 Å². The van der Waals surface area contributed by atoms with E-state index in [9.17, 15) is 0 Å². The van der Waals surface area contributed by atoms with Crippen molar-refractivity contribution in [2.75, 3.05) is 0 Å². The first-order valence-electron chi connectivity index (χ1n) is 15.7. The first-order valence-corrected chi connectivity index (χ1v) is 15.2. The maximum atomic E-state index is 8.27. The zero-order valence-corrected chi connectivity index (χ0v) is 25.8. The van der Waals surface area contributed by atoms with E-state index in [0.29, 0.717) is 12.0 Å². The van der Waals surface area contributed by atoms with Crippen molar-refractivity contribution in [3.8, 4) is 34.1 Å². The molecular formula is C39H36N4O. The molecule has 0 N–H and O–H groups in total. The normalized spacial score (nSPS) is 11.9. The van der Waals surface area contributed by atoms with E-state index in [4.69, 9.17) is 16.2 Å². The van der Waals surface area contributed by atoms with E-state index in [1.54, 1.807) is 0 Å². The summed E-state index contributed by atoms with van der Waals surface area (Å²) in [4.78, 5) is 4.71. The van der Waals surface area contributed by atoms with E-state index < -0.39 is 0 Å². The molecule has 5 nitrogen and oxygen atoms in total. The molecule has 44 heavy (non-hydrogen) atoms. The van der Waals surface area contributed by atoms with Crippen LogP contribution in [-0.4, -0.2) is 19.3 Å². The molecule has 0 fully saturated rings. The molecule has 3 aromatic heterocycles. The van der Waals surface area contributed by atoms with Crippen LogP contribution < -0.4 is 4.74 Å². The van der Waals surface area contributed by atoms with Crippen molar-refractivity contribution in [1.82, 2.24) is 19.3 Å². The van der Waals surface area contributed by atoms with Gasteiger partial charge >= 0.3 is 0 Å². The summed E-state index contributed by atoms with van der Waals surface area (Å²) < 4.78 is 19.1. The predicted octanol–water partition coefficient (Wildman–Crippen LogP) is 9.95. The van der Waals surface area contributed by atoms with Gasteiger partial charge < -0.3 is 4.74 Å². The minimum absolute atomic E-state index is 0.480. The van der Waals surface area contributed by atoms with Gasteiger partial charge in [-0.3, -0.25) is 4.57 Å². The molecule has 218 valence electrons. The maximum Gasteiger partial charge on any atom is 0.137 e. The first kappa shape index (κ1) is 26.5. The zero-order valence-electron chi connectivity index (χ0n) is 26.8. The smallest absolute Gasteiger partial charge is 0.137 e. The highest BCUT2D eigenvalue weighted by molar-refractivity contribution is 6.09. The fraction of sp³-hybridized carbons (Fsp3) is 0.179. The number of aromatic nitrogens is 4. The molecule has 0 unspecified atom stereocenters. The third-order valence-corrected chi connectivity index (χ3v) is 8.14. The average Bonchev–Trinajstić information content (AvgIpc) is 3.49. The Kier molecular flexibility index (Phi) is 6.71. The van der Waals surface area contributed by atoms with Crippen LogP contribution in [0.1, 0.15) is 37.7 Å². The number of nitrogens with zero attached hydrogens (tertiary/aromatic N) is 4. The molecule has 3 heterocycles. The summed E-state index contributed by atoms with van der Waals surface area (Å²) in [6.45, 7) is 10.7. The van der Waals surface area contributed by atoms with E-state index in [0.717, 1.165) is 79.3 Å². The summed E-state index contributed by atoms with van der Waals surface area (Å²) in [6, 6.07) is 33.4. The first-order chi connectivity index (χ1) is 21.7. The lowest BCUT2D eigenvalue weighted by Crippen LogP contribution is -2.03. The molecule has 0 bridgehead atoms. The molecule has 5 heteroatoms. The minimum atomic E-state index is 0.480. The van der Waals surface area contributed by atoms with Gasteiger partial charge in [0.25, 0.3) is 0 Å². The minimum Gasteiger partial charge on any atom is -0.457 e. The predicted molar refractivity (Wildman–Crippen MR) is 180 cm³/mol. The van der Waals surface area contributed by atoms with Crippen molar-refractivity contribution in [3.05, 3.63) is 132 Å². The Hall–Kier alpha value is -5.16. The molecule has 0 aliphatic heterocycles. The van der Waals surface area contributed by atoms with Crippen LogP contribution in [0.3, 0.4) is 0 Å². The SMILES string of the molecule is [2H]c1ccc2c(c1)c1ccc(Oc3cc(CC(C)C)cc(-n4nc(C)c(-c5ccccc5)c4C)c3)cc1n2-c1cc(C)ccn1. The van der Waals surface area contributed by atoms with Crippen LogP contribution in [0.4, 0.5) is 0 Å². The van der Waals surface area contributed by atoms with Gasteiger partial charge in [0.05, 0.1) is 23.8 Å². The number of pyridine rings is 1. The van der Waals surface area contributed by atoms with Gasteiger partial charge in [-0.2, -0.15) is 5.10 Å². The van der Waals surface area contributed by atoms with Gasteiger partial charge in [-0.15, -0.1) is 0 Å². The van der Waals surface area contributed by atoms with E-state index in [1.165, 1.54) is 5.56 Å². The van der Waals surface area contributed by atoms with Crippen LogP contribution in [0.25, 0.3) is 44.4 Å². The third-order valence-electron chi connectivity index (χ3n) is 8.14. The van der Waals surface area contributed by atoms with Crippen molar-refractivity contribution < 1.29 is 6.11 Å². The van der Waals surface area contributed by atoms with Crippen LogP contribution in [0.15, 0.2) is 109 Å². The summed E-state index contributed by atoms with van der Waals surface area (Å²) in [5.74, 6) is 2.83. The average molecular weight is 578 g/mol. The molecule has 0 atom stereocenters. The molecular weight excluding hydrogens is 540 g/mol. The second-order valence-corrected chi connectivity index (χ2v) is 12.0. The lowest BCUT2D eigenvalue weighted by Gasteiger charge is -2.14. The summed E-state index contributed by atoms with van der Waals surface area (Å²) in [6.07, 6.45) is 2.77. The summed E-state index contributed by atoms with van der Waals surface area (Å²) in [7, 11) is 0. The standard InChI is InChI=1S/C39H36N4O/c1-25(2)19-29-21-31(43-28(5)39(27(4)41-43)30-11-7-6-8-12-30)23-33(22-29)44-32-15-16-35-34-13-9-10-14-36(34)42(37(35)24-32)38-20-26(3)17-18-40-38/h6-18,20-25H,19H2,1-5H3/i9D. The molecule has 4 aromatic carbocycles. The Morgan fingerprint density at radius 1 is 0.795 bits per heavy atom. The highest BCUT2D eigenvalue weighted by atomic mass is 16.5. The van der Waals surface area contributed by atoms with Gasteiger partial charge in [0.1, 0.15) is 17.3 Å². The maximum absolute atomic E-state index is 8.27. The number of hydrogen-bond donors (Lipinski definition) is 0. The lowest BCUT2D eigenvalue weighted by molar-refractivity contribution is 0.481. The van der Waals surface area contributed by atoms with Crippen LogP contribution in [-0.2, 0) is 6.42 Å². The molecule has 0 aliphatic carbocycles. The quantitative estimate of drug-likeness (QED) is 0.189. The topological polar surface area (TPSA) is 44.9 Å². The van der Waals surface area contributed by atoms with Crippen LogP contribution in [0.5, 0.6) is 11.5 Å². The van der Waals surface area contributed by atoms with E-state index in [-0.39, 0.29) is 0 Å². The van der Waals surface area contributed by atoms with Gasteiger partial charge in [0, 0.05) is 40.4 Å². The van der Waals surface area contributed by atoms with Crippen molar-refractivity contribution in [2.45, 2.75) is 41.0 Å². The number of hydrogen-bond acceptors (Lipinski definition) is 3. The van der Waals surface area contributed by atoms with Crippen LogP contribution >= 0.6 is 0 Å². The number of ether oxygens (including phenoxy) is 1. The molecule has 0 saturated carbocycles. The summed E-state index contributed by atoms with van der Waals surface area (Å²) >= 11 is 0. The number of rotatable bonds is 7. The van der Waals surface area contributed by atoms with Crippen molar-refractivity contribution in [1.29, 1.82) is 0 Å². The number of benzene rings is 4. The van der Waals surface area contributed by atoms with Crippen LogP contribution in [0, 0.1) is 26.7 Å². The molecule has 7 aromatic rings. The molecule has 7 rings (SSSR count). The largest absolute Gasteiger partial charge is 0.457 e. The van der Waals surface area contributed by atoms with E-state index in [2.05, 4.69) is 99.8 Å². The molecule has 0 aliphatic rings. The van der Waals surface area contributed by atoms with Gasteiger partial charge in [-0.1, -0.05) is 62.4 Å². The Labute approximate surface area is 259 Å². The van der Waals surface area contributed by atoms with Crippen molar-refractivity contribution in [3.63, 3.8) is 0 Å². The van der Waals surface area contributed by atoms with Gasteiger partial charge in [-0.25, -0.2) is 9.67 Å². The zero-order chi connectivity index (χ0) is 31.2. The molecule has 0 radical (unpaired) electrons. The molecule has 0 saturated heterocycles. The van der Waals surface area contributed by atoms with E-state index in [1.807, 2.05) is 47.3 Å². The summed E-state index contributed by atoms with van der Waals surface area (Å²) in [5, 5.41) is 7.06. The van der Waals surface area contributed by atoms with Crippen LogP contribution in [0.2, 0.25) is 0 Å². The summed E-state index contributed by atoms with van der Waals surface area (Å²) in [5.41, 5.74) is 9.72.